The molecule has 0 bridgehead atoms. The summed E-state index contributed by atoms with van der Waals surface area (Å²) in [5.74, 6) is 0.678. The van der Waals surface area contributed by atoms with E-state index in [1.807, 2.05) is 54.7 Å². The number of anilines is 1. The number of carbonyl (C=O) groups is 1. The number of amides is 1. The van der Waals surface area contributed by atoms with Crippen molar-refractivity contribution in [3.8, 4) is 5.75 Å². The smallest absolute Gasteiger partial charge is 0.266 e. The highest BCUT2D eigenvalue weighted by atomic mass is 35.5. The van der Waals surface area contributed by atoms with Crippen molar-refractivity contribution in [3.63, 3.8) is 0 Å². The summed E-state index contributed by atoms with van der Waals surface area (Å²) in [6.45, 7) is 7.00. The van der Waals surface area contributed by atoms with Crippen LogP contribution >= 0.6 is 23.4 Å². The zero-order chi connectivity index (χ0) is 29.6. The number of H-pyrrole nitrogens is 1. The number of halogens is 1. The number of aromatic nitrogens is 1. The maximum Gasteiger partial charge on any atom is 0.266 e. The lowest BCUT2D eigenvalue weighted by Crippen LogP contribution is -2.42. The molecule has 0 atom stereocenters. The van der Waals surface area contributed by atoms with Gasteiger partial charge in [-0.15, -0.1) is 0 Å². The topological polar surface area (TPSA) is 60.9 Å². The number of para-hydroxylation sites is 1. The number of likely N-dealkylation sites (N-methyl/N-ethyl adjacent to an activating group) is 1. The van der Waals surface area contributed by atoms with Crippen LogP contribution in [0.1, 0.15) is 37.5 Å². The molecule has 42 heavy (non-hydrogen) atoms. The van der Waals surface area contributed by atoms with Crippen LogP contribution in [0.4, 0.5) is 11.4 Å². The van der Waals surface area contributed by atoms with E-state index in [0.29, 0.717) is 28.1 Å². The first-order valence-electron chi connectivity index (χ1n) is 13.9. The maximum absolute atomic E-state index is 13.9. The van der Waals surface area contributed by atoms with Crippen molar-refractivity contribution in [2.24, 2.45) is 4.99 Å². The van der Waals surface area contributed by atoms with Gasteiger partial charge in [-0.3, -0.25) is 9.69 Å². The molecule has 3 heterocycles. The van der Waals surface area contributed by atoms with Crippen molar-refractivity contribution in [1.29, 1.82) is 0 Å². The summed E-state index contributed by atoms with van der Waals surface area (Å²) in [4.78, 5) is 26.7. The molecule has 6 nitrogen and oxygen atoms in total. The normalized spacial score (nSPS) is 18.2. The van der Waals surface area contributed by atoms with E-state index in [2.05, 4.69) is 62.0 Å². The van der Waals surface area contributed by atoms with Crippen molar-refractivity contribution in [3.05, 3.63) is 99.6 Å². The molecular weight excluding hydrogens is 564 g/mol. The van der Waals surface area contributed by atoms with Crippen molar-refractivity contribution < 1.29 is 9.53 Å². The second-order valence-electron chi connectivity index (χ2n) is 11.2. The van der Waals surface area contributed by atoms with E-state index in [4.69, 9.17) is 21.3 Å². The third-order valence-corrected chi connectivity index (χ3v) is 9.42. The summed E-state index contributed by atoms with van der Waals surface area (Å²) in [6.07, 6.45) is 6.88. The molecule has 2 aliphatic heterocycles. The average molecular weight is 597 g/mol. The third-order valence-electron chi connectivity index (χ3n) is 8.09. The molecule has 8 heteroatoms. The van der Waals surface area contributed by atoms with Crippen LogP contribution in [-0.2, 0) is 11.2 Å². The maximum atomic E-state index is 13.9. The van der Waals surface area contributed by atoms with Gasteiger partial charge in [0.15, 0.2) is 5.17 Å². The molecule has 2 aliphatic rings. The molecule has 214 valence electrons. The van der Waals surface area contributed by atoms with E-state index in [0.717, 1.165) is 39.3 Å². The predicted molar refractivity (Wildman–Crippen MR) is 177 cm³/mol. The van der Waals surface area contributed by atoms with Gasteiger partial charge in [-0.05, 0) is 104 Å². The number of methoxy groups -OCH3 is 1. The minimum atomic E-state index is -0.115. The van der Waals surface area contributed by atoms with Crippen LogP contribution in [0.2, 0.25) is 5.02 Å². The lowest BCUT2D eigenvalue weighted by Gasteiger charge is -2.40. The van der Waals surface area contributed by atoms with Gasteiger partial charge in [-0.2, -0.15) is 0 Å². The van der Waals surface area contributed by atoms with Crippen LogP contribution in [0, 0.1) is 0 Å². The number of carbonyl (C=O) groups excluding carboxylic acids is 1. The molecule has 1 fully saturated rings. The van der Waals surface area contributed by atoms with Crippen LogP contribution in [-0.4, -0.2) is 47.2 Å². The first-order chi connectivity index (χ1) is 20.1. The molecule has 1 N–H and O–H groups in total. The van der Waals surface area contributed by atoms with Crippen LogP contribution in [0.15, 0.2) is 82.8 Å². The lowest BCUT2D eigenvalue weighted by atomic mass is 9.88. The van der Waals surface area contributed by atoms with Gasteiger partial charge in [-0.25, -0.2) is 4.99 Å². The van der Waals surface area contributed by atoms with Crippen LogP contribution < -0.4 is 9.64 Å². The van der Waals surface area contributed by atoms with Gasteiger partial charge in [0, 0.05) is 47.0 Å². The fourth-order valence-corrected chi connectivity index (χ4v) is 6.79. The summed E-state index contributed by atoms with van der Waals surface area (Å²) >= 11 is 8.22. The minimum Gasteiger partial charge on any atom is -0.497 e. The molecular formula is C34H33ClN4O2S. The number of thioether (sulfide) groups is 1. The highest BCUT2D eigenvalue weighted by Gasteiger charge is 2.34. The molecule has 1 amide bonds. The number of benzene rings is 3. The number of nitrogens with one attached hydrogen (secondary N) is 1. The predicted octanol–water partition coefficient (Wildman–Crippen LogP) is 8.31. The van der Waals surface area contributed by atoms with Crippen LogP contribution in [0.3, 0.4) is 0 Å². The van der Waals surface area contributed by atoms with Gasteiger partial charge in [0.2, 0.25) is 0 Å². The Bertz CT molecular complexity index is 1790. The Hall–Kier alpha value is -3.94. The number of rotatable bonds is 6. The van der Waals surface area contributed by atoms with Crippen LogP contribution in [0.5, 0.6) is 5.75 Å². The first kappa shape index (κ1) is 28.2. The molecule has 0 unspecified atom stereocenters. The average Bonchev–Trinajstić information content (AvgIpc) is 3.51. The number of aliphatic imine (C=N–C) groups is 1. The number of ether oxygens (including phenoxy) is 1. The number of hydrogen-bond donors (Lipinski definition) is 1. The highest BCUT2D eigenvalue weighted by molar-refractivity contribution is 8.18. The van der Waals surface area contributed by atoms with E-state index in [-0.39, 0.29) is 11.4 Å². The van der Waals surface area contributed by atoms with E-state index in [9.17, 15) is 4.79 Å². The van der Waals surface area contributed by atoms with Crippen molar-refractivity contribution in [2.75, 3.05) is 25.6 Å². The number of hydrogen-bond acceptors (Lipinski definition) is 5. The molecule has 0 radical (unpaired) electrons. The molecule has 0 saturated carbocycles. The van der Waals surface area contributed by atoms with E-state index in [1.54, 1.807) is 12.0 Å². The van der Waals surface area contributed by atoms with E-state index in [1.165, 1.54) is 22.7 Å². The SMILES string of the molecule is COc1ccc(N=C2S/C(=C/c3cc4c(cc3Cl)N(C)C(C)(C)C=C4C)C(=O)N2CCc2c[nH]c3ccccc23)cc1. The quantitative estimate of drug-likeness (QED) is 0.227. The zero-order valence-corrected chi connectivity index (χ0v) is 25.9. The van der Waals surface area contributed by atoms with Gasteiger partial charge in [0.1, 0.15) is 5.75 Å². The summed E-state index contributed by atoms with van der Waals surface area (Å²) in [6, 6.07) is 19.8. The molecule has 0 spiro atoms. The fourth-order valence-electron chi connectivity index (χ4n) is 5.57. The summed E-state index contributed by atoms with van der Waals surface area (Å²) in [5.41, 5.74) is 7.09. The number of amidine groups is 1. The van der Waals surface area contributed by atoms with Crippen molar-refractivity contribution in [1.82, 2.24) is 9.88 Å². The summed E-state index contributed by atoms with van der Waals surface area (Å²) in [7, 11) is 3.72. The summed E-state index contributed by atoms with van der Waals surface area (Å²) < 4.78 is 5.30. The molecule has 4 aromatic rings. The Kier molecular flexibility index (Phi) is 7.41. The Morgan fingerprint density at radius 2 is 1.88 bits per heavy atom. The summed E-state index contributed by atoms with van der Waals surface area (Å²) in [5, 5.41) is 2.42. The highest BCUT2D eigenvalue weighted by Crippen LogP contribution is 2.42. The minimum absolute atomic E-state index is 0.0774. The zero-order valence-electron chi connectivity index (χ0n) is 24.4. The fraction of sp³-hybridized carbons (Fsp3) is 0.235. The molecule has 6 rings (SSSR count). The Morgan fingerprint density at radius 1 is 1.12 bits per heavy atom. The standard InChI is InChI=1S/C34H33ClN4O2S/c1-21-19-34(2,3)38(4)30-18-28(35)23(16-27(21)30)17-31-32(40)39(15-14-22-20-36-29-9-7-6-8-26(22)29)33(42-31)37-24-10-12-25(41-5)13-11-24/h6-13,16-20,36H,14-15H2,1-5H3/b31-17+,37-33?. The van der Waals surface area contributed by atoms with Gasteiger partial charge in [-0.1, -0.05) is 35.9 Å². The van der Waals surface area contributed by atoms with Gasteiger partial charge >= 0.3 is 0 Å². The molecule has 0 aliphatic carbocycles. The molecule has 3 aromatic carbocycles. The van der Waals surface area contributed by atoms with Gasteiger partial charge in [0.05, 0.1) is 23.2 Å². The number of nitrogens with zero attached hydrogens (tertiary/aromatic N) is 3. The Labute approximate surface area is 255 Å². The van der Waals surface area contributed by atoms with Gasteiger partial charge in [0.25, 0.3) is 5.91 Å². The van der Waals surface area contributed by atoms with Crippen molar-refractivity contribution >= 4 is 68.4 Å². The Balaban J connectivity index is 1.35. The lowest BCUT2D eigenvalue weighted by molar-refractivity contribution is -0.122. The number of allylic oxidation sites excluding steroid dienone is 1. The largest absolute Gasteiger partial charge is 0.497 e. The Morgan fingerprint density at radius 3 is 2.64 bits per heavy atom. The number of aromatic amines is 1. The molecule has 1 aromatic heterocycles. The molecule has 1 saturated heterocycles. The van der Waals surface area contributed by atoms with Crippen molar-refractivity contribution in [2.45, 2.75) is 32.7 Å². The first-order valence-corrected chi connectivity index (χ1v) is 15.1. The van der Waals surface area contributed by atoms with Crippen LogP contribution in [0.25, 0.3) is 22.6 Å². The monoisotopic (exact) mass is 596 g/mol. The van der Waals surface area contributed by atoms with E-state index < -0.39 is 0 Å². The van der Waals surface area contributed by atoms with Gasteiger partial charge < -0.3 is 14.6 Å². The number of fused-ring (bicyclic) bond motifs is 2. The van der Waals surface area contributed by atoms with E-state index >= 15 is 0 Å². The second kappa shape index (κ2) is 11.0. The second-order valence-corrected chi connectivity index (χ2v) is 12.6. The third kappa shape index (κ3) is 5.23.